The highest BCUT2D eigenvalue weighted by Gasteiger charge is 2.10. The lowest BCUT2D eigenvalue weighted by Crippen LogP contribution is -2.24. The summed E-state index contributed by atoms with van der Waals surface area (Å²) in [6, 6.07) is 0. The van der Waals surface area contributed by atoms with Gasteiger partial charge in [0, 0.05) is 13.6 Å². The summed E-state index contributed by atoms with van der Waals surface area (Å²) in [7, 11) is 1.75. The minimum Gasteiger partial charge on any atom is -0.363 e. The van der Waals surface area contributed by atoms with Crippen LogP contribution in [0.3, 0.4) is 0 Å². The van der Waals surface area contributed by atoms with Crippen LogP contribution in [0.4, 0.5) is 5.13 Å². The second-order valence-corrected chi connectivity index (χ2v) is 5.08. The van der Waals surface area contributed by atoms with Gasteiger partial charge in [-0.2, -0.15) is 11.8 Å². The second-order valence-electron chi connectivity index (χ2n) is 3.12. The lowest BCUT2D eigenvalue weighted by molar-refractivity contribution is 0.0952. The van der Waals surface area contributed by atoms with Crippen LogP contribution >= 0.6 is 23.1 Å². The summed E-state index contributed by atoms with van der Waals surface area (Å²) < 4.78 is 0. The molecular formula is C9H16N4OS2. The SMILES string of the molecule is CNc1nnc(C(=O)NCCCCSC)s1. The van der Waals surface area contributed by atoms with Gasteiger partial charge in [-0.15, -0.1) is 10.2 Å². The summed E-state index contributed by atoms with van der Waals surface area (Å²) in [6.45, 7) is 0.702. The standard InChI is InChI=1S/C9H16N4OS2/c1-10-9-13-12-8(16-9)7(14)11-5-3-4-6-15-2/h3-6H2,1-2H3,(H,10,13)(H,11,14). The molecule has 0 aliphatic heterocycles. The highest BCUT2D eigenvalue weighted by atomic mass is 32.2. The van der Waals surface area contributed by atoms with Gasteiger partial charge in [-0.05, 0) is 24.9 Å². The van der Waals surface area contributed by atoms with Gasteiger partial charge in [-0.3, -0.25) is 4.79 Å². The van der Waals surface area contributed by atoms with Gasteiger partial charge >= 0.3 is 0 Å². The van der Waals surface area contributed by atoms with Crippen molar-refractivity contribution >= 4 is 34.1 Å². The van der Waals surface area contributed by atoms with E-state index in [1.54, 1.807) is 7.05 Å². The summed E-state index contributed by atoms with van der Waals surface area (Å²) in [5.74, 6) is 1.00. The molecule has 1 aromatic heterocycles. The topological polar surface area (TPSA) is 66.9 Å². The molecule has 7 heteroatoms. The lowest BCUT2D eigenvalue weighted by atomic mass is 10.3. The van der Waals surface area contributed by atoms with Gasteiger partial charge in [0.2, 0.25) is 10.1 Å². The lowest BCUT2D eigenvalue weighted by Gasteiger charge is -2.01. The van der Waals surface area contributed by atoms with Gasteiger partial charge in [0.05, 0.1) is 0 Å². The number of amides is 1. The van der Waals surface area contributed by atoms with Crippen LogP contribution in [-0.4, -0.2) is 41.7 Å². The summed E-state index contributed by atoms with van der Waals surface area (Å²) in [6.07, 6.45) is 4.21. The molecule has 0 aliphatic rings. The molecule has 1 heterocycles. The Morgan fingerprint density at radius 3 is 2.88 bits per heavy atom. The molecule has 0 radical (unpaired) electrons. The van der Waals surface area contributed by atoms with Crippen molar-refractivity contribution in [2.45, 2.75) is 12.8 Å². The van der Waals surface area contributed by atoms with Crippen LogP contribution in [0.2, 0.25) is 0 Å². The number of hydrogen-bond acceptors (Lipinski definition) is 6. The summed E-state index contributed by atoms with van der Waals surface area (Å²) in [5, 5.41) is 14.3. The maximum Gasteiger partial charge on any atom is 0.282 e. The molecule has 90 valence electrons. The largest absolute Gasteiger partial charge is 0.363 e. The Labute approximate surface area is 103 Å². The third-order valence-corrected chi connectivity index (χ3v) is 3.53. The van der Waals surface area contributed by atoms with E-state index in [1.807, 2.05) is 11.8 Å². The van der Waals surface area contributed by atoms with Crippen molar-refractivity contribution in [1.29, 1.82) is 0 Å². The Bertz CT molecular complexity index is 329. The predicted molar refractivity (Wildman–Crippen MR) is 69.4 cm³/mol. The van der Waals surface area contributed by atoms with Crippen LogP contribution in [0.1, 0.15) is 22.6 Å². The van der Waals surface area contributed by atoms with Crippen LogP contribution in [-0.2, 0) is 0 Å². The Morgan fingerprint density at radius 1 is 1.44 bits per heavy atom. The molecule has 0 aromatic carbocycles. The number of nitrogens with one attached hydrogen (secondary N) is 2. The van der Waals surface area contributed by atoms with E-state index in [0.717, 1.165) is 18.6 Å². The Hall–Kier alpha value is -0.820. The van der Waals surface area contributed by atoms with E-state index in [4.69, 9.17) is 0 Å². The first-order chi connectivity index (χ1) is 7.77. The average Bonchev–Trinajstić information content (AvgIpc) is 2.77. The summed E-state index contributed by atoms with van der Waals surface area (Å²) >= 11 is 3.08. The van der Waals surface area contributed by atoms with E-state index in [2.05, 4.69) is 27.1 Å². The zero-order valence-electron chi connectivity index (χ0n) is 9.45. The minimum atomic E-state index is -0.136. The zero-order chi connectivity index (χ0) is 11.8. The maximum atomic E-state index is 11.6. The maximum absolute atomic E-state index is 11.6. The van der Waals surface area contributed by atoms with Gasteiger partial charge in [0.15, 0.2) is 0 Å². The molecule has 1 rings (SSSR count). The van der Waals surface area contributed by atoms with E-state index >= 15 is 0 Å². The van der Waals surface area contributed by atoms with Gasteiger partial charge in [-0.25, -0.2) is 0 Å². The third-order valence-electron chi connectivity index (χ3n) is 1.89. The Kier molecular flexibility index (Phi) is 6.17. The fourth-order valence-corrected chi connectivity index (χ4v) is 2.17. The van der Waals surface area contributed by atoms with Gasteiger partial charge < -0.3 is 10.6 Å². The molecule has 1 aromatic rings. The first-order valence-corrected chi connectivity index (χ1v) is 7.27. The Balaban J connectivity index is 2.24. The Morgan fingerprint density at radius 2 is 2.25 bits per heavy atom. The van der Waals surface area contributed by atoms with Gasteiger partial charge in [-0.1, -0.05) is 11.3 Å². The van der Waals surface area contributed by atoms with Crippen LogP contribution in [0.15, 0.2) is 0 Å². The normalized spacial score (nSPS) is 10.1. The van der Waals surface area contributed by atoms with Crippen LogP contribution in [0, 0.1) is 0 Å². The van der Waals surface area contributed by atoms with Crippen molar-refractivity contribution in [3.05, 3.63) is 5.01 Å². The predicted octanol–water partition coefficient (Wildman–Crippen LogP) is 1.45. The molecule has 16 heavy (non-hydrogen) atoms. The van der Waals surface area contributed by atoms with Crippen molar-refractivity contribution < 1.29 is 4.79 Å². The molecule has 0 unspecified atom stereocenters. The van der Waals surface area contributed by atoms with Gasteiger partial charge in [0.1, 0.15) is 0 Å². The number of rotatable bonds is 7. The molecule has 0 bridgehead atoms. The average molecular weight is 260 g/mol. The molecular weight excluding hydrogens is 244 g/mol. The zero-order valence-corrected chi connectivity index (χ0v) is 11.1. The van der Waals surface area contributed by atoms with E-state index in [0.29, 0.717) is 16.7 Å². The molecule has 5 nitrogen and oxygen atoms in total. The van der Waals surface area contributed by atoms with Crippen molar-refractivity contribution in [2.24, 2.45) is 0 Å². The molecule has 0 atom stereocenters. The second kappa shape index (κ2) is 7.45. The number of anilines is 1. The molecule has 0 saturated heterocycles. The first-order valence-electron chi connectivity index (χ1n) is 5.06. The monoisotopic (exact) mass is 260 g/mol. The molecule has 2 N–H and O–H groups in total. The molecule has 0 saturated carbocycles. The van der Waals surface area contributed by atoms with Crippen molar-refractivity contribution in [1.82, 2.24) is 15.5 Å². The van der Waals surface area contributed by atoms with Crippen molar-refractivity contribution in [3.8, 4) is 0 Å². The number of carbonyl (C=O) groups is 1. The number of nitrogens with zero attached hydrogens (tertiary/aromatic N) is 2. The van der Waals surface area contributed by atoms with Crippen molar-refractivity contribution in [3.63, 3.8) is 0 Å². The van der Waals surface area contributed by atoms with Gasteiger partial charge in [0.25, 0.3) is 5.91 Å². The highest BCUT2D eigenvalue weighted by molar-refractivity contribution is 7.98. The number of thioether (sulfide) groups is 1. The van der Waals surface area contributed by atoms with Crippen LogP contribution in [0.5, 0.6) is 0 Å². The quantitative estimate of drug-likeness (QED) is 0.726. The minimum absolute atomic E-state index is 0.136. The van der Waals surface area contributed by atoms with Crippen LogP contribution in [0.25, 0.3) is 0 Å². The molecule has 0 fully saturated rings. The van der Waals surface area contributed by atoms with E-state index < -0.39 is 0 Å². The molecule has 0 aliphatic carbocycles. The van der Waals surface area contributed by atoms with E-state index in [-0.39, 0.29) is 5.91 Å². The fraction of sp³-hybridized carbons (Fsp3) is 0.667. The molecule has 0 spiro atoms. The fourth-order valence-electron chi connectivity index (χ4n) is 1.06. The molecule has 1 amide bonds. The van der Waals surface area contributed by atoms with E-state index in [1.165, 1.54) is 11.3 Å². The van der Waals surface area contributed by atoms with Crippen LogP contribution < -0.4 is 10.6 Å². The van der Waals surface area contributed by atoms with Crippen molar-refractivity contribution in [2.75, 3.05) is 30.9 Å². The highest BCUT2D eigenvalue weighted by Crippen LogP contribution is 2.13. The summed E-state index contributed by atoms with van der Waals surface area (Å²) in [5.41, 5.74) is 0. The summed E-state index contributed by atoms with van der Waals surface area (Å²) in [4.78, 5) is 11.6. The number of hydrogen-bond donors (Lipinski definition) is 2. The number of unbranched alkanes of at least 4 members (excludes halogenated alkanes) is 1. The van der Waals surface area contributed by atoms with E-state index in [9.17, 15) is 4.79 Å². The number of aromatic nitrogens is 2. The smallest absolute Gasteiger partial charge is 0.282 e. The third kappa shape index (κ3) is 4.36. The number of carbonyl (C=O) groups excluding carboxylic acids is 1. The first kappa shape index (κ1) is 13.2.